The van der Waals surface area contributed by atoms with Crippen LogP contribution in [0.25, 0.3) is 0 Å². The van der Waals surface area contributed by atoms with Gasteiger partial charge in [-0.3, -0.25) is 9.59 Å². The van der Waals surface area contributed by atoms with Crippen molar-refractivity contribution in [2.75, 3.05) is 12.3 Å². The molecule has 1 unspecified atom stereocenters. The summed E-state index contributed by atoms with van der Waals surface area (Å²) in [6.07, 6.45) is -2.60. The summed E-state index contributed by atoms with van der Waals surface area (Å²) in [5, 5.41) is 26.5. The van der Waals surface area contributed by atoms with Gasteiger partial charge in [0.05, 0.1) is 18.6 Å². The molecular formula is C8H16N2O9S. The Kier molecular flexibility index (Phi) is 7.95. The molecule has 0 rings (SSSR count). The van der Waals surface area contributed by atoms with Crippen molar-refractivity contribution in [2.24, 2.45) is 5.73 Å². The third-order valence-electron chi connectivity index (χ3n) is 1.87. The van der Waals surface area contributed by atoms with Crippen LogP contribution >= 0.6 is 0 Å². The first-order chi connectivity index (χ1) is 8.52. The fourth-order valence-electron chi connectivity index (χ4n) is 1.06. The molecule has 0 aromatic carbocycles. The molecule has 1 atom stereocenters. The van der Waals surface area contributed by atoms with Crippen LogP contribution in [0.1, 0.15) is 12.8 Å². The van der Waals surface area contributed by atoms with Crippen LogP contribution in [-0.2, 0) is 28.7 Å². The highest BCUT2D eigenvalue weighted by Crippen LogP contribution is 2.17. The SMILES string of the molecule is N.NCCS(=O)(=O)OC(=O)CC(O)(CC(=O)O)C(=O)O. The number of aliphatic hydroxyl groups is 1. The number of carboxylic acid groups (broad SMARTS) is 2. The average Bonchev–Trinajstić information content (AvgIpc) is 2.13. The fraction of sp³-hybridized carbons (Fsp3) is 0.625. The predicted octanol–water partition coefficient (Wildman–Crippen LogP) is -2.34. The molecule has 0 bridgehead atoms. The molecule has 0 heterocycles. The highest BCUT2D eigenvalue weighted by molar-refractivity contribution is 7.87. The first-order valence-electron chi connectivity index (χ1n) is 4.85. The van der Waals surface area contributed by atoms with Crippen molar-refractivity contribution in [1.29, 1.82) is 0 Å². The van der Waals surface area contributed by atoms with Crippen LogP contribution in [0, 0.1) is 0 Å². The minimum Gasteiger partial charge on any atom is -0.481 e. The van der Waals surface area contributed by atoms with E-state index in [4.69, 9.17) is 15.9 Å². The van der Waals surface area contributed by atoms with Crippen molar-refractivity contribution in [2.45, 2.75) is 18.4 Å². The molecule has 0 aromatic heterocycles. The Bertz CT molecular complexity index is 474. The number of hydrogen-bond acceptors (Lipinski definition) is 9. The molecule has 0 aliphatic carbocycles. The van der Waals surface area contributed by atoms with Gasteiger partial charge in [-0.2, -0.15) is 8.42 Å². The second-order valence-electron chi connectivity index (χ2n) is 3.59. The maximum absolute atomic E-state index is 11.2. The minimum atomic E-state index is -4.28. The van der Waals surface area contributed by atoms with Gasteiger partial charge >= 0.3 is 28.0 Å². The Balaban J connectivity index is 0. The Labute approximate surface area is 114 Å². The van der Waals surface area contributed by atoms with E-state index in [1.165, 1.54) is 0 Å². The van der Waals surface area contributed by atoms with E-state index >= 15 is 0 Å². The van der Waals surface area contributed by atoms with Gasteiger partial charge in [-0.25, -0.2) is 4.79 Å². The van der Waals surface area contributed by atoms with Crippen molar-refractivity contribution in [1.82, 2.24) is 6.15 Å². The summed E-state index contributed by atoms with van der Waals surface area (Å²) < 4.78 is 26.0. The molecule has 0 aromatic rings. The molecule has 0 saturated heterocycles. The zero-order chi connectivity index (χ0) is 15.3. The maximum Gasteiger partial charge on any atom is 0.336 e. The van der Waals surface area contributed by atoms with Gasteiger partial charge in [0.2, 0.25) is 0 Å². The summed E-state index contributed by atoms with van der Waals surface area (Å²) in [6, 6.07) is 0. The Hall–Kier alpha value is -1.76. The minimum absolute atomic E-state index is 0. The van der Waals surface area contributed by atoms with Crippen LogP contribution in [0.5, 0.6) is 0 Å². The molecule has 0 aliphatic heterocycles. The summed E-state index contributed by atoms with van der Waals surface area (Å²) in [7, 11) is -4.28. The standard InChI is InChI=1S/C8H13NO9S.H3N/c9-1-2-19(16,17)18-6(12)4-8(15,7(13)14)3-5(10)11;/h15H,1-4,9H2,(H,10,11)(H,13,14);1H3. The number of carbonyl (C=O) groups is 3. The van der Waals surface area contributed by atoms with E-state index in [0.717, 1.165) is 0 Å². The van der Waals surface area contributed by atoms with Gasteiger partial charge < -0.3 is 31.4 Å². The first-order valence-corrected chi connectivity index (χ1v) is 6.43. The van der Waals surface area contributed by atoms with Crippen LogP contribution in [0.4, 0.5) is 0 Å². The van der Waals surface area contributed by atoms with E-state index in [1.54, 1.807) is 0 Å². The van der Waals surface area contributed by atoms with Gasteiger partial charge in [0.25, 0.3) is 0 Å². The van der Waals surface area contributed by atoms with Crippen LogP contribution in [-0.4, -0.2) is 59.5 Å². The van der Waals surface area contributed by atoms with E-state index in [2.05, 4.69) is 4.18 Å². The molecule has 20 heavy (non-hydrogen) atoms. The second-order valence-corrected chi connectivity index (χ2v) is 5.28. The normalized spacial score (nSPS) is 13.7. The number of rotatable bonds is 8. The van der Waals surface area contributed by atoms with E-state index in [1.807, 2.05) is 0 Å². The molecule has 118 valence electrons. The number of hydrogen-bond donors (Lipinski definition) is 5. The molecule has 8 N–H and O–H groups in total. The van der Waals surface area contributed by atoms with Gasteiger partial charge in [0.15, 0.2) is 5.60 Å². The number of carbonyl (C=O) groups excluding carboxylic acids is 1. The fourth-order valence-corrected chi connectivity index (χ4v) is 1.77. The van der Waals surface area contributed by atoms with E-state index in [-0.39, 0.29) is 12.7 Å². The van der Waals surface area contributed by atoms with Gasteiger partial charge in [-0.15, -0.1) is 0 Å². The summed E-state index contributed by atoms with van der Waals surface area (Å²) in [5.74, 6) is -5.92. The molecule has 0 fully saturated rings. The highest BCUT2D eigenvalue weighted by Gasteiger charge is 2.42. The van der Waals surface area contributed by atoms with E-state index in [9.17, 15) is 27.9 Å². The summed E-state index contributed by atoms with van der Waals surface area (Å²) in [6.45, 7) is -0.325. The lowest BCUT2D eigenvalue weighted by Crippen LogP contribution is -2.43. The zero-order valence-corrected chi connectivity index (χ0v) is 11.1. The topological polar surface area (TPSA) is 216 Å². The van der Waals surface area contributed by atoms with Crippen LogP contribution in [0.15, 0.2) is 0 Å². The number of nitrogens with two attached hydrogens (primary N) is 1. The molecule has 0 saturated carbocycles. The maximum atomic E-state index is 11.2. The van der Waals surface area contributed by atoms with Crippen molar-refractivity contribution in [3.8, 4) is 0 Å². The lowest BCUT2D eigenvalue weighted by molar-refractivity contribution is -0.169. The van der Waals surface area contributed by atoms with Crippen molar-refractivity contribution >= 4 is 28.0 Å². The van der Waals surface area contributed by atoms with Crippen molar-refractivity contribution < 1.29 is 42.3 Å². The second kappa shape index (κ2) is 7.74. The third kappa shape index (κ3) is 6.98. The lowest BCUT2D eigenvalue weighted by atomic mass is 9.96. The number of aliphatic carboxylic acids is 2. The molecule has 11 nitrogen and oxygen atoms in total. The molecule has 0 radical (unpaired) electrons. The van der Waals surface area contributed by atoms with Crippen LogP contribution in [0.2, 0.25) is 0 Å². The lowest BCUT2D eigenvalue weighted by Gasteiger charge is -2.19. The van der Waals surface area contributed by atoms with Gasteiger partial charge in [0.1, 0.15) is 0 Å². The van der Waals surface area contributed by atoms with Gasteiger partial charge in [-0.05, 0) is 0 Å². The zero-order valence-electron chi connectivity index (χ0n) is 10.3. The Morgan fingerprint density at radius 2 is 1.65 bits per heavy atom. The van der Waals surface area contributed by atoms with Crippen molar-refractivity contribution in [3.63, 3.8) is 0 Å². The predicted molar refractivity (Wildman–Crippen MR) is 63.4 cm³/mol. The average molecular weight is 316 g/mol. The van der Waals surface area contributed by atoms with Crippen LogP contribution < -0.4 is 11.9 Å². The van der Waals surface area contributed by atoms with Crippen molar-refractivity contribution in [3.05, 3.63) is 0 Å². The van der Waals surface area contributed by atoms with Gasteiger partial charge in [-0.1, -0.05) is 0 Å². The van der Waals surface area contributed by atoms with E-state index in [0.29, 0.717) is 0 Å². The summed E-state index contributed by atoms with van der Waals surface area (Å²) in [5.41, 5.74) is 2.00. The molecule has 0 spiro atoms. The smallest absolute Gasteiger partial charge is 0.336 e. The molecule has 0 amide bonds. The van der Waals surface area contributed by atoms with Crippen LogP contribution in [0.3, 0.4) is 0 Å². The highest BCUT2D eigenvalue weighted by atomic mass is 32.2. The summed E-state index contributed by atoms with van der Waals surface area (Å²) in [4.78, 5) is 32.2. The largest absolute Gasteiger partial charge is 0.481 e. The molecular weight excluding hydrogens is 300 g/mol. The third-order valence-corrected chi connectivity index (χ3v) is 3.04. The Morgan fingerprint density at radius 3 is 2.00 bits per heavy atom. The Morgan fingerprint density at radius 1 is 1.15 bits per heavy atom. The molecule has 0 aliphatic rings. The monoisotopic (exact) mass is 316 g/mol. The van der Waals surface area contributed by atoms with E-state index < -0.39 is 52.2 Å². The summed E-state index contributed by atoms with van der Waals surface area (Å²) >= 11 is 0. The quantitative estimate of drug-likeness (QED) is 0.299. The van der Waals surface area contributed by atoms with Gasteiger partial charge in [0, 0.05) is 6.54 Å². The first kappa shape index (κ1) is 20.6. The molecule has 12 heteroatoms. The number of carboxylic acids is 2.